The molecule has 1 N–H and O–H groups in total. The molecule has 0 spiro atoms. The molecule has 44 heavy (non-hydrogen) atoms. The molecule has 5 rings (SSSR count). The van der Waals surface area contributed by atoms with Crippen LogP contribution in [0.25, 0.3) is 46.4 Å². The summed E-state index contributed by atoms with van der Waals surface area (Å²) < 4.78 is 25.1. The molecule has 0 amide bonds. The molecule has 0 saturated heterocycles. The van der Waals surface area contributed by atoms with Crippen LogP contribution < -0.4 is 0 Å². The quantitative estimate of drug-likeness (QED) is 0.153. The maximum absolute atomic E-state index is 5.77. The van der Waals surface area contributed by atoms with E-state index < -0.39 is 5.66 Å². The Morgan fingerprint density at radius 2 is 1.25 bits per heavy atom. The summed E-state index contributed by atoms with van der Waals surface area (Å²) >= 11 is 0. The SMILES string of the molecule is COCCC(CCOC)N(C)C(CCOC)(CCOC)n1c2ccc3nc(c4nc(ccc5ccc([nH]5)c1cc2)C=C4)C=C3. The summed E-state index contributed by atoms with van der Waals surface area (Å²) in [6.45, 7) is 2.48. The van der Waals surface area contributed by atoms with Crippen molar-refractivity contribution in [1.82, 2.24) is 24.4 Å². The first-order valence-electron chi connectivity index (χ1n) is 15.3. The number of methoxy groups -OCH3 is 4. The third-order valence-electron chi connectivity index (χ3n) is 8.68. The van der Waals surface area contributed by atoms with Gasteiger partial charge in [-0.2, -0.15) is 0 Å². The third-order valence-corrected chi connectivity index (χ3v) is 8.68. The minimum absolute atomic E-state index is 0.191. The number of aromatic amines is 1. The summed E-state index contributed by atoms with van der Waals surface area (Å²) in [6.07, 6.45) is 11.3. The van der Waals surface area contributed by atoms with Gasteiger partial charge in [0.25, 0.3) is 0 Å². The van der Waals surface area contributed by atoms with E-state index >= 15 is 0 Å². The van der Waals surface area contributed by atoms with E-state index in [9.17, 15) is 0 Å². The van der Waals surface area contributed by atoms with Gasteiger partial charge in [0.05, 0.1) is 33.8 Å². The summed E-state index contributed by atoms with van der Waals surface area (Å²) in [5, 5.41) is 0. The number of hydrogen-bond donors (Lipinski definition) is 1. The minimum atomic E-state index is -0.499. The lowest BCUT2D eigenvalue weighted by Gasteiger charge is -2.48. The molecule has 5 heterocycles. The molecule has 9 heteroatoms. The Kier molecular flexibility index (Phi) is 10.8. The second kappa shape index (κ2) is 14.9. The van der Waals surface area contributed by atoms with Crippen LogP contribution in [0.5, 0.6) is 0 Å². The average Bonchev–Trinajstić information content (AvgIpc) is 3.85. The lowest BCUT2D eigenvalue weighted by atomic mass is 9.95. The zero-order valence-electron chi connectivity index (χ0n) is 26.6. The molecule has 0 atom stereocenters. The standard InChI is InChI=1S/C35H45N5O4/c1-39(29(18-22-41-2)19-23-42-3)35(20-24-43-4,21-25-44-5)40-30-12-8-28-10-15-32(37-28)31-14-9-26(36-31)6-7-27-11-16-33(38-27)34(40)17-13-30/h6-17,29,38H,18-25H2,1-5H3. The number of aromatic nitrogens is 4. The van der Waals surface area contributed by atoms with Crippen LogP contribution in [-0.2, 0) is 24.6 Å². The van der Waals surface area contributed by atoms with Crippen molar-refractivity contribution in [1.29, 1.82) is 0 Å². The summed E-state index contributed by atoms with van der Waals surface area (Å²) in [6, 6.07) is 17.2. The molecule has 8 bridgehead atoms. The highest BCUT2D eigenvalue weighted by molar-refractivity contribution is 5.83. The minimum Gasteiger partial charge on any atom is -0.385 e. The van der Waals surface area contributed by atoms with E-state index in [0.29, 0.717) is 26.4 Å². The normalized spacial score (nSPS) is 13.1. The molecule has 0 saturated carbocycles. The fourth-order valence-electron chi connectivity index (χ4n) is 6.26. The summed E-state index contributed by atoms with van der Waals surface area (Å²) in [4.78, 5) is 15.8. The number of ether oxygens (including phenoxy) is 4. The van der Waals surface area contributed by atoms with Crippen molar-refractivity contribution < 1.29 is 18.9 Å². The second-order valence-corrected chi connectivity index (χ2v) is 11.3. The summed E-state index contributed by atoms with van der Waals surface area (Å²) in [5.74, 6) is 0. The van der Waals surface area contributed by atoms with Crippen molar-refractivity contribution in [3.8, 4) is 0 Å². The topological polar surface area (TPSA) is 86.7 Å². The monoisotopic (exact) mass is 599 g/mol. The molecule has 0 radical (unpaired) electrons. The molecule has 0 aromatic carbocycles. The Balaban J connectivity index is 1.81. The van der Waals surface area contributed by atoms with Crippen LogP contribution in [0.1, 0.15) is 48.5 Å². The van der Waals surface area contributed by atoms with Gasteiger partial charge in [-0.15, -0.1) is 0 Å². The maximum Gasteiger partial charge on any atom is 0.103 e. The molecule has 0 unspecified atom stereocenters. The van der Waals surface area contributed by atoms with Crippen LogP contribution in [0.2, 0.25) is 0 Å². The van der Waals surface area contributed by atoms with E-state index in [-0.39, 0.29) is 6.04 Å². The van der Waals surface area contributed by atoms with Crippen LogP contribution >= 0.6 is 0 Å². The molecule has 0 aliphatic carbocycles. The maximum atomic E-state index is 5.77. The van der Waals surface area contributed by atoms with E-state index in [1.54, 1.807) is 28.4 Å². The van der Waals surface area contributed by atoms with Gasteiger partial charge in [-0.25, -0.2) is 9.97 Å². The molecule has 3 aromatic heterocycles. The molecule has 3 aromatic rings. The number of hydrogen-bond acceptors (Lipinski definition) is 7. The Hall–Kier alpha value is -3.60. The van der Waals surface area contributed by atoms with Crippen LogP contribution in [0.15, 0.2) is 48.5 Å². The molecular formula is C35H45N5O4. The fraction of sp³-hybridized carbons (Fsp3) is 0.429. The zero-order valence-corrected chi connectivity index (χ0v) is 26.6. The van der Waals surface area contributed by atoms with Gasteiger partial charge in [0.2, 0.25) is 0 Å². The van der Waals surface area contributed by atoms with Crippen molar-refractivity contribution in [2.24, 2.45) is 0 Å². The van der Waals surface area contributed by atoms with Crippen molar-refractivity contribution in [2.45, 2.75) is 37.4 Å². The van der Waals surface area contributed by atoms with E-state index in [1.165, 1.54) is 0 Å². The Morgan fingerprint density at radius 3 is 1.84 bits per heavy atom. The largest absolute Gasteiger partial charge is 0.385 e. The Labute approximate surface area is 260 Å². The summed E-state index contributed by atoms with van der Waals surface area (Å²) in [5.41, 5.74) is 7.18. The van der Waals surface area contributed by atoms with Gasteiger partial charge in [-0.05, 0) is 92.7 Å². The van der Waals surface area contributed by atoms with Gasteiger partial charge in [-0.3, -0.25) is 4.90 Å². The van der Waals surface area contributed by atoms with Gasteiger partial charge in [0.15, 0.2) is 0 Å². The highest BCUT2D eigenvalue weighted by Gasteiger charge is 2.40. The zero-order chi connectivity index (χ0) is 30.9. The summed E-state index contributed by atoms with van der Waals surface area (Å²) in [7, 11) is 9.27. The van der Waals surface area contributed by atoms with E-state index in [0.717, 1.165) is 70.5 Å². The van der Waals surface area contributed by atoms with E-state index in [1.807, 2.05) is 30.4 Å². The number of nitrogens with zero attached hydrogens (tertiary/aromatic N) is 4. The first kappa shape index (κ1) is 31.8. The van der Waals surface area contributed by atoms with Crippen molar-refractivity contribution in [3.63, 3.8) is 0 Å². The number of fused-ring (bicyclic) bond motifs is 10. The fourth-order valence-corrected chi connectivity index (χ4v) is 6.26. The lowest BCUT2D eigenvalue weighted by molar-refractivity contribution is -0.0485. The van der Waals surface area contributed by atoms with Gasteiger partial charge >= 0.3 is 0 Å². The smallest absolute Gasteiger partial charge is 0.103 e. The van der Waals surface area contributed by atoms with Crippen LogP contribution in [0, 0.1) is 0 Å². The number of rotatable bonds is 15. The van der Waals surface area contributed by atoms with Gasteiger partial charge in [0, 0.05) is 84.8 Å². The predicted octanol–water partition coefficient (Wildman–Crippen LogP) is 6.23. The average molecular weight is 600 g/mol. The highest BCUT2D eigenvalue weighted by Crippen LogP contribution is 2.38. The molecule has 234 valence electrons. The molecule has 2 aliphatic rings. The van der Waals surface area contributed by atoms with Crippen LogP contribution in [0.3, 0.4) is 0 Å². The third kappa shape index (κ3) is 6.87. The van der Waals surface area contributed by atoms with Gasteiger partial charge < -0.3 is 28.5 Å². The first-order valence-corrected chi connectivity index (χ1v) is 15.3. The van der Waals surface area contributed by atoms with Crippen LogP contribution in [0.4, 0.5) is 0 Å². The Morgan fingerprint density at radius 1 is 0.705 bits per heavy atom. The van der Waals surface area contributed by atoms with Gasteiger partial charge in [0.1, 0.15) is 5.66 Å². The lowest BCUT2D eigenvalue weighted by Crippen LogP contribution is -2.54. The van der Waals surface area contributed by atoms with Crippen molar-refractivity contribution in [2.75, 3.05) is 61.9 Å². The van der Waals surface area contributed by atoms with E-state index in [4.69, 9.17) is 28.9 Å². The number of H-pyrrole nitrogens is 1. The highest BCUT2D eigenvalue weighted by atomic mass is 16.5. The Bertz CT molecular complexity index is 1610. The second-order valence-electron chi connectivity index (χ2n) is 11.3. The number of nitrogens with one attached hydrogen (secondary N) is 1. The van der Waals surface area contributed by atoms with Gasteiger partial charge in [-0.1, -0.05) is 0 Å². The molecular weight excluding hydrogens is 554 g/mol. The van der Waals surface area contributed by atoms with E-state index in [2.05, 4.69) is 64.0 Å². The molecule has 9 nitrogen and oxygen atoms in total. The van der Waals surface area contributed by atoms with Crippen molar-refractivity contribution >= 4 is 46.4 Å². The first-order chi connectivity index (χ1) is 21.5. The van der Waals surface area contributed by atoms with Crippen molar-refractivity contribution in [3.05, 3.63) is 71.3 Å². The molecule has 2 aliphatic heterocycles. The van der Waals surface area contributed by atoms with Crippen LogP contribution in [-0.4, -0.2) is 92.4 Å². The molecule has 0 fully saturated rings. The predicted molar refractivity (Wildman–Crippen MR) is 178 cm³/mol.